The number of nitrogens with zero attached hydrogens (tertiary/aromatic N) is 4. The first-order chi connectivity index (χ1) is 16.9. The van der Waals surface area contributed by atoms with Crippen LogP contribution in [0.15, 0.2) is 46.9 Å². The van der Waals surface area contributed by atoms with E-state index in [4.69, 9.17) is 25.5 Å². The first-order valence-corrected chi connectivity index (χ1v) is 11.7. The van der Waals surface area contributed by atoms with Crippen LogP contribution in [0.2, 0.25) is 5.02 Å². The zero-order valence-electron chi connectivity index (χ0n) is 19.9. The molecule has 9 nitrogen and oxygen atoms in total. The van der Waals surface area contributed by atoms with E-state index in [1.165, 1.54) is 7.11 Å². The van der Waals surface area contributed by atoms with Crippen LogP contribution in [0.3, 0.4) is 0 Å². The van der Waals surface area contributed by atoms with E-state index in [-0.39, 0.29) is 31.3 Å². The van der Waals surface area contributed by atoms with Gasteiger partial charge < -0.3 is 23.7 Å². The second-order valence-electron chi connectivity index (χ2n) is 8.19. The molecule has 1 unspecified atom stereocenters. The number of methoxy groups -OCH3 is 2. The highest BCUT2D eigenvalue weighted by Crippen LogP contribution is 2.34. The van der Waals surface area contributed by atoms with E-state index in [0.717, 1.165) is 6.42 Å². The predicted octanol–water partition coefficient (Wildman–Crippen LogP) is 4.20. The number of carbonyl (C=O) groups is 2. The maximum atomic E-state index is 13.4. The summed E-state index contributed by atoms with van der Waals surface area (Å²) in [5.41, 5.74) is 1.29. The standard InChI is InChI=1S/C25H27ClN4O5/c1-4-11-29(15-22-27-28-24(35-22)18-7-5-6-8-19(18)26)25(32)16-12-23(31)30(14-16)17-9-10-20(33-2)21(13-17)34-3/h5-10,13,16H,4,11-12,14-15H2,1-3H3. The topological polar surface area (TPSA) is 98.0 Å². The van der Waals surface area contributed by atoms with Crippen LogP contribution in [-0.4, -0.2) is 54.2 Å². The Morgan fingerprint density at radius 2 is 1.94 bits per heavy atom. The lowest BCUT2D eigenvalue weighted by atomic mass is 10.1. The van der Waals surface area contributed by atoms with E-state index in [1.54, 1.807) is 47.2 Å². The lowest BCUT2D eigenvalue weighted by Crippen LogP contribution is -2.37. The van der Waals surface area contributed by atoms with Crippen molar-refractivity contribution in [2.45, 2.75) is 26.3 Å². The average molecular weight is 499 g/mol. The number of hydrogen-bond donors (Lipinski definition) is 0. The van der Waals surface area contributed by atoms with E-state index in [2.05, 4.69) is 10.2 Å². The zero-order valence-corrected chi connectivity index (χ0v) is 20.6. The monoisotopic (exact) mass is 498 g/mol. The third-order valence-electron chi connectivity index (χ3n) is 5.86. The number of anilines is 1. The Hall–Kier alpha value is -3.59. The number of halogens is 1. The summed E-state index contributed by atoms with van der Waals surface area (Å²) in [6, 6.07) is 12.5. The summed E-state index contributed by atoms with van der Waals surface area (Å²) < 4.78 is 16.4. The molecule has 0 bridgehead atoms. The Morgan fingerprint density at radius 3 is 2.66 bits per heavy atom. The highest BCUT2D eigenvalue weighted by atomic mass is 35.5. The summed E-state index contributed by atoms with van der Waals surface area (Å²) in [5.74, 6) is 0.971. The number of aromatic nitrogens is 2. The van der Waals surface area contributed by atoms with Crippen molar-refractivity contribution >= 4 is 29.1 Å². The molecule has 1 aromatic heterocycles. The van der Waals surface area contributed by atoms with Crippen LogP contribution < -0.4 is 14.4 Å². The van der Waals surface area contributed by atoms with Gasteiger partial charge in [0.2, 0.25) is 23.6 Å². The number of ether oxygens (including phenoxy) is 2. The smallest absolute Gasteiger partial charge is 0.249 e. The fourth-order valence-corrected chi connectivity index (χ4v) is 4.35. The maximum absolute atomic E-state index is 13.4. The Balaban J connectivity index is 1.48. The van der Waals surface area contributed by atoms with Gasteiger partial charge in [-0.15, -0.1) is 10.2 Å². The van der Waals surface area contributed by atoms with Gasteiger partial charge in [-0.3, -0.25) is 9.59 Å². The van der Waals surface area contributed by atoms with Crippen molar-refractivity contribution in [2.24, 2.45) is 5.92 Å². The maximum Gasteiger partial charge on any atom is 0.249 e. The van der Waals surface area contributed by atoms with Gasteiger partial charge in [-0.1, -0.05) is 30.7 Å². The summed E-state index contributed by atoms with van der Waals surface area (Å²) in [7, 11) is 3.09. The number of amides is 2. The number of benzene rings is 2. The van der Waals surface area contributed by atoms with Crippen LogP contribution >= 0.6 is 11.6 Å². The average Bonchev–Trinajstić information content (AvgIpc) is 3.49. The van der Waals surface area contributed by atoms with Crippen LogP contribution in [0.4, 0.5) is 5.69 Å². The molecular weight excluding hydrogens is 472 g/mol. The highest BCUT2D eigenvalue weighted by Gasteiger charge is 2.37. The molecule has 4 rings (SSSR count). The third-order valence-corrected chi connectivity index (χ3v) is 6.19. The number of carbonyl (C=O) groups excluding carboxylic acids is 2. The van der Waals surface area contributed by atoms with Crippen molar-refractivity contribution in [3.05, 3.63) is 53.4 Å². The van der Waals surface area contributed by atoms with Gasteiger partial charge >= 0.3 is 0 Å². The van der Waals surface area contributed by atoms with Crippen molar-refractivity contribution in [2.75, 3.05) is 32.2 Å². The Kier molecular flexibility index (Phi) is 7.55. The molecule has 0 aliphatic carbocycles. The SMILES string of the molecule is CCCN(Cc1nnc(-c2ccccc2Cl)o1)C(=O)C1CC(=O)N(c2ccc(OC)c(OC)c2)C1. The van der Waals surface area contributed by atoms with Crippen LogP contribution in [0, 0.1) is 5.92 Å². The largest absolute Gasteiger partial charge is 0.493 e. The van der Waals surface area contributed by atoms with E-state index < -0.39 is 5.92 Å². The van der Waals surface area contributed by atoms with Crippen LogP contribution in [-0.2, 0) is 16.1 Å². The van der Waals surface area contributed by atoms with Crippen LogP contribution in [0.5, 0.6) is 11.5 Å². The van der Waals surface area contributed by atoms with Crippen LogP contribution in [0.1, 0.15) is 25.7 Å². The van der Waals surface area contributed by atoms with Gasteiger partial charge in [0.25, 0.3) is 0 Å². The number of rotatable bonds is 9. The molecule has 1 atom stereocenters. The normalized spacial score (nSPS) is 15.4. The molecule has 35 heavy (non-hydrogen) atoms. The second kappa shape index (κ2) is 10.8. The molecule has 1 aliphatic rings. The molecule has 3 aromatic rings. The van der Waals surface area contributed by atoms with Crippen molar-refractivity contribution in [3.63, 3.8) is 0 Å². The fourth-order valence-electron chi connectivity index (χ4n) is 4.13. The molecule has 0 N–H and O–H groups in total. The molecule has 0 radical (unpaired) electrons. The second-order valence-corrected chi connectivity index (χ2v) is 8.59. The van der Waals surface area contributed by atoms with Gasteiger partial charge in [0, 0.05) is 31.3 Å². The minimum absolute atomic E-state index is 0.120. The highest BCUT2D eigenvalue weighted by molar-refractivity contribution is 6.33. The number of hydrogen-bond acceptors (Lipinski definition) is 7. The molecule has 184 valence electrons. The molecule has 2 heterocycles. The Labute approximate surface area is 208 Å². The molecule has 1 fully saturated rings. The minimum Gasteiger partial charge on any atom is -0.493 e. The Bertz CT molecular complexity index is 1210. The summed E-state index contributed by atoms with van der Waals surface area (Å²) in [6.07, 6.45) is 0.874. The van der Waals surface area contributed by atoms with Crippen molar-refractivity contribution in [1.29, 1.82) is 0 Å². The first-order valence-electron chi connectivity index (χ1n) is 11.3. The third kappa shape index (κ3) is 5.24. The van der Waals surface area contributed by atoms with E-state index in [9.17, 15) is 9.59 Å². The van der Waals surface area contributed by atoms with E-state index in [1.807, 2.05) is 19.1 Å². The predicted molar refractivity (Wildman–Crippen MR) is 130 cm³/mol. The molecule has 1 saturated heterocycles. The Morgan fingerprint density at radius 1 is 1.17 bits per heavy atom. The van der Waals surface area contributed by atoms with Gasteiger partial charge in [-0.05, 0) is 30.7 Å². The van der Waals surface area contributed by atoms with Crippen molar-refractivity contribution in [1.82, 2.24) is 15.1 Å². The summed E-state index contributed by atoms with van der Waals surface area (Å²) in [5, 5.41) is 8.70. The summed E-state index contributed by atoms with van der Waals surface area (Å²) >= 11 is 6.23. The molecule has 0 saturated carbocycles. The van der Waals surface area contributed by atoms with Gasteiger partial charge in [0.05, 0.1) is 37.3 Å². The van der Waals surface area contributed by atoms with Crippen LogP contribution in [0.25, 0.3) is 11.5 Å². The fraction of sp³-hybridized carbons (Fsp3) is 0.360. The quantitative estimate of drug-likeness (QED) is 0.436. The molecule has 10 heteroatoms. The van der Waals surface area contributed by atoms with Gasteiger partial charge in [-0.25, -0.2) is 0 Å². The lowest BCUT2D eigenvalue weighted by molar-refractivity contribution is -0.136. The van der Waals surface area contributed by atoms with Crippen molar-refractivity contribution in [3.8, 4) is 23.0 Å². The van der Waals surface area contributed by atoms with Crippen molar-refractivity contribution < 1.29 is 23.5 Å². The van der Waals surface area contributed by atoms with Gasteiger partial charge in [0.1, 0.15) is 0 Å². The lowest BCUT2D eigenvalue weighted by Gasteiger charge is -2.24. The minimum atomic E-state index is -0.479. The zero-order chi connectivity index (χ0) is 24.9. The molecule has 1 aliphatic heterocycles. The van der Waals surface area contributed by atoms with Gasteiger partial charge in [-0.2, -0.15) is 0 Å². The summed E-state index contributed by atoms with van der Waals surface area (Å²) in [4.78, 5) is 29.5. The molecular formula is C25H27ClN4O5. The van der Waals surface area contributed by atoms with Gasteiger partial charge in [0.15, 0.2) is 11.5 Å². The summed E-state index contributed by atoms with van der Waals surface area (Å²) in [6.45, 7) is 2.93. The van der Waals surface area contributed by atoms with E-state index >= 15 is 0 Å². The van der Waals surface area contributed by atoms with E-state index in [0.29, 0.717) is 46.1 Å². The molecule has 0 spiro atoms. The molecule has 2 amide bonds. The molecule has 2 aromatic carbocycles. The first kappa shape index (κ1) is 24.5.